The van der Waals surface area contributed by atoms with E-state index in [1.165, 1.54) is 0 Å². The summed E-state index contributed by atoms with van der Waals surface area (Å²) in [5.41, 5.74) is 0. The van der Waals surface area contributed by atoms with Gasteiger partial charge in [-0.1, -0.05) is 0 Å². The van der Waals surface area contributed by atoms with Gasteiger partial charge in [-0.15, -0.1) is 0 Å². The monoisotopic (exact) mass is 246 g/mol. The molecule has 0 aliphatic carbocycles. The minimum atomic E-state index is -0.695. The predicted octanol–water partition coefficient (Wildman–Crippen LogP) is -0.0149. The lowest BCUT2D eigenvalue weighted by Gasteiger charge is -2.36. The van der Waals surface area contributed by atoms with Gasteiger partial charge in [-0.25, -0.2) is 0 Å². The molecule has 0 aromatic heterocycles. The maximum Gasteiger partial charge on any atom is 0.190 e. The second-order valence-electron chi connectivity index (χ2n) is 5.09. The smallest absolute Gasteiger partial charge is 0.190 e. The maximum atomic E-state index is 9.32. The highest BCUT2D eigenvalue weighted by Gasteiger charge is 2.58. The van der Waals surface area contributed by atoms with Gasteiger partial charge in [0, 0.05) is 0 Å². The van der Waals surface area contributed by atoms with E-state index in [1.807, 2.05) is 20.8 Å². The number of hydrogen-bond acceptors (Lipinski definition) is 6. The van der Waals surface area contributed by atoms with Crippen molar-refractivity contribution in [3.63, 3.8) is 0 Å². The molecule has 0 saturated carbocycles. The van der Waals surface area contributed by atoms with Crippen molar-refractivity contribution in [3.05, 3.63) is 0 Å². The van der Waals surface area contributed by atoms with Crippen LogP contribution >= 0.6 is 0 Å². The third-order valence-electron chi connectivity index (χ3n) is 3.29. The lowest BCUT2D eigenvalue weighted by atomic mass is 9.99. The van der Waals surface area contributed by atoms with Gasteiger partial charge in [0.25, 0.3) is 0 Å². The van der Waals surface area contributed by atoms with Crippen LogP contribution in [0.4, 0.5) is 0 Å². The largest absolute Gasteiger partial charge is 0.394 e. The van der Waals surface area contributed by atoms with Gasteiger partial charge in [0.05, 0.1) is 6.61 Å². The quantitative estimate of drug-likeness (QED) is 0.701. The highest BCUT2D eigenvalue weighted by molar-refractivity contribution is 4.98. The number of fused-ring (bicyclic) bond motifs is 3. The second kappa shape index (κ2) is 3.88. The number of aliphatic hydroxyl groups excluding tert-OH is 1. The first-order valence-corrected chi connectivity index (χ1v) is 5.93. The highest BCUT2D eigenvalue weighted by Crippen LogP contribution is 2.41. The first-order valence-electron chi connectivity index (χ1n) is 5.93. The predicted molar refractivity (Wildman–Crippen MR) is 55.0 cm³/mol. The standard InChI is InChI=1S/C11H18O6/c1-5-13-7-6(4-12)15-10-9(8(7)14-5)16-11(2,3)17-10/h5-10,12H,4H2,1-3H3/t5?,6?,7-,8?,9?,10+/m0/s1. The molecular formula is C11H18O6. The van der Waals surface area contributed by atoms with Gasteiger partial charge in [-0.3, -0.25) is 0 Å². The van der Waals surface area contributed by atoms with Gasteiger partial charge >= 0.3 is 0 Å². The minimum Gasteiger partial charge on any atom is -0.394 e. The average molecular weight is 246 g/mol. The average Bonchev–Trinajstić information content (AvgIpc) is 2.75. The summed E-state index contributed by atoms with van der Waals surface area (Å²) in [6.07, 6.45) is -2.09. The zero-order chi connectivity index (χ0) is 12.2. The molecule has 3 fully saturated rings. The molecule has 0 aromatic rings. The SMILES string of the molecule is CC1OC2C3OC(C)(C)O[C@H]3OC(CO)[C@@H]2O1. The van der Waals surface area contributed by atoms with E-state index >= 15 is 0 Å². The van der Waals surface area contributed by atoms with Gasteiger partial charge < -0.3 is 28.8 Å². The summed E-state index contributed by atoms with van der Waals surface area (Å²) < 4.78 is 28.4. The summed E-state index contributed by atoms with van der Waals surface area (Å²) in [6, 6.07) is 0. The molecule has 6 nitrogen and oxygen atoms in total. The summed E-state index contributed by atoms with van der Waals surface area (Å²) in [4.78, 5) is 0. The van der Waals surface area contributed by atoms with Crippen LogP contribution in [0.1, 0.15) is 20.8 Å². The lowest BCUT2D eigenvalue weighted by Crippen LogP contribution is -2.56. The van der Waals surface area contributed by atoms with Crippen molar-refractivity contribution >= 4 is 0 Å². The fourth-order valence-electron chi connectivity index (χ4n) is 2.67. The van der Waals surface area contributed by atoms with Crippen LogP contribution < -0.4 is 0 Å². The third kappa shape index (κ3) is 1.89. The first kappa shape index (κ1) is 11.8. The maximum absolute atomic E-state index is 9.32. The molecule has 3 aliphatic rings. The Morgan fingerprint density at radius 3 is 2.41 bits per heavy atom. The summed E-state index contributed by atoms with van der Waals surface area (Å²) in [5, 5.41) is 9.32. The fraction of sp³-hybridized carbons (Fsp3) is 1.00. The van der Waals surface area contributed by atoms with Gasteiger partial charge in [0.15, 0.2) is 18.4 Å². The molecule has 3 heterocycles. The molecule has 6 heteroatoms. The summed E-state index contributed by atoms with van der Waals surface area (Å²) >= 11 is 0. The number of aliphatic hydroxyl groups is 1. The molecule has 0 bridgehead atoms. The van der Waals surface area contributed by atoms with Crippen molar-refractivity contribution in [2.75, 3.05) is 6.61 Å². The van der Waals surface area contributed by atoms with Crippen molar-refractivity contribution in [3.8, 4) is 0 Å². The van der Waals surface area contributed by atoms with E-state index in [-0.39, 0.29) is 31.2 Å². The van der Waals surface area contributed by atoms with E-state index in [0.29, 0.717) is 0 Å². The highest BCUT2D eigenvalue weighted by atomic mass is 16.9. The molecule has 0 aromatic carbocycles. The molecular weight excluding hydrogens is 228 g/mol. The number of rotatable bonds is 1. The van der Waals surface area contributed by atoms with Crippen LogP contribution in [0.15, 0.2) is 0 Å². The van der Waals surface area contributed by atoms with Gasteiger partial charge in [-0.05, 0) is 20.8 Å². The Hall–Kier alpha value is -0.240. The van der Waals surface area contributed by atoms with E-state index in [2.05, 4.69) is 0 Å². The van der Waals surface area contributed by atoms with Crippen LogP contribution in [0.2, 0.25) is 0 Å². The van der Waals surface area contributed by atoms with E-state index in [9.17, 15) is 5.11 Å². The van der Waals surface area contributed by atoms with E-state index in [1.54, 1.807) is 0 Å². The molecule has 3 saturated heterocycles. The molecule has 3 rings (SSSR count). The van der Waals surface area contributed by atoms with Crippen LogP contribution in [0, 0.1) is 0 Å². The minimum absolute atomic E-state index is 0.121. The molecule has 3 aliphatic heterocycles. The van der Waals surface area contributed by atoms with Gasteiger partial charge in [-0.2, -0.15) is 0 Å². The Morgan fingerprint density at radius 2 is 1.71 bits per heavy atom. The fourth-order valence-corrected chi connectivity index (χ4v) is 2.67. The van der Waals surface area contributed by atoms with Crippen LogP contribution in [0.25, 0.3) is 0 Å². The van der Waals surface area contributed by atoms with Crippen molar-refractivity contribution in [2.24, 2.45) is 0 Å². The molecule has 0 radical (unpaired) electrons. The Bertz CT molecular complexity index is 306. The van der Waals surface area contributed by atoms with Crippen molar-refractivity contribution < 1.29 is 28.8 Å². The number of hydrogen-bond donors (Lipinski definition) is 1. The molecule has 4 unspecified atom stereocenters. The Kier molecular flexibility index (Phi) is 2.70. The van der Waals surface area contributed by atoms with Crippen LogP contribution in [0.3, 0.4) is 0 Å². The van der Waals surface area contributed by atoms with E-state index < -0.39 is 18.2 Å². The second-order valence-corrected chi connectivity index (χ2v) is 5.09. The van der Waals surface area contributed by atoms with E-state index in [4.69, 9.17) is 23.7 Å². The summed E-state index contributed by atoms with van der Waals surface area (Å²) in [7, 11) is 0. The Balaban J connectivity index is 1.84. The van der Waals surface area contributed by atoms with Gasteiger partial charge in [0.1, 0.15) is 24.4 Å². The molecule has 17 heavy (non-hydrogen) atoms. The Morgan fingerprint density at radius 1 is 1.00 bits per heavy atom. The summed E-state index contributed by atoms with van der Waals surface area (Å²) in [5.74, 6) is -0.695. The first-order chi connectivity index (χ1) is 8.00. The van der Waals surface area contributed by atoms with E-state index in [0.717, 1.165) is 0 Å². The molecule has 6 atom stereocenters. The van der Waals surface area contributed by atoms with Crippen molar-refractivity contribution in [1.29, 1.82) is 0 Å². The molecule has 0 spiro atoms. The molecule has 98 valence electrons. The van der Waals surface area contributed by atoms with Crippen molar-refractivity contribution in [1.82, 2.24) is 0 Å². The molecule has 0 amide bonds. The third-order valence-corrected chi connectivity index (χ3v) is 3.29. The van der Waals surface area contributed by atoms with Crippen LogP contribution in [-0.4, -0.2) is 54.5 Å². The van der Waals surface area contributed by atoms with Crippen molar-refractivity contribution in [2.45, 2.75) is 63.6 Å². The normalized spacial score (nSPS) is 52.2. The zero-order valence-electron chi connectivity index (χ0n) is 10.2. The van der Waals surface area contributed by atoms with Gasteiger partial charge in [0.2, 0.25) is 0 Å². The zero-order valence-corrected chi connectivity index (χ0v) is 10.2. The Labute approximate surface area is 99.7 Å². The summed E-state index contributed by atoms with van der Waals surface area (Å²) in [6.45, 7) is 5.36. The van der Waals surface area contributed by atoms with Crippen LogP contribution in [0.5, 0.6) is 0 Å². The van der Waals surface area contributed by atoms with Crippen LogP contribution in [-0.2, 0) is 23.7 Å². The number of ether oxygens (including phenoxy) is 5. The topological polar surface area (TPSA) is 66.4 Å². The molecule has 1 N–H and O–H groups in total. The lowest BCUT2D eigenvalue weighted by molar-refractivity contribution is -0.238.